The monoisotopic (exact) mass is 276 g/mol. The number of benzene rings is 1. The van der Waals surface area contributed by atoms with Gasteiger partial charge in [0.25, 0.3) is 0 Å². The second-order valence-corrected chi connectivity index (χ2v) is 4.92. The van der Waals surface area contributed by atoms with Crippen molar-refractivity contribution in [2.45, 2.75) is 19.9 Å². The van der Waals surface area contributed by atoms with Crippen molar-refractivity contribution in [2.24, 2.45) is 11.7 Å². The van der Waals surface area contributed by atoms with E-state index in [1.807, 2.05) is 38.2 Å². The summed E-state index contributed by atoms with van der Waals surface area (Å²) in [4.78, 5) is 13.8. The fourth-order valence-corrected chi connectivity index (χ4v) is 1.95. The van der Waals surface area contributed by atoms with Crippen molar-refractivity contribution >= 4 is 5.91 Å². The summed E-state index contributed by atoms with van der Waals surface area (Å²) in [6, 6.07) is 7.74. The number of carbonyl (C=O) groups is 1. The van der Waals surface area contributed by atoms with E-state index >= 15 is 0 Å². The van der Waals surface area contributed by atoms with Crippen LogP contribution in [0.4, 0.5) is 0 Å². The molecule has 2 N–H and O–H groups in total. The zero-order chi connectivity index (χ0) is 15.0. The Bertz CT molecular complexity index is 429. The third-order valence-electron chi connectivity index (χ3n) is 3.11. The molecule has 0 heterocycles. The molecule has 1 amide bonds. The normalized spacial score (nSPS) is 11.8. The third-order valence-corrected chi connectivity index (χ3v) is 3.11. The van der Waals surface area contributed by atoms with Crippen molar-refractivity contribution in [2.75, 3.05) is 20.2 Å². The highest BCUT2D eigenvalue weighted by atomic mass is 16.5. The maximum atomic E-state index is 12.1. The molecule has 0 aliphatic heterocycles. The van der Waals surface area contributed by atoms with Crippen LogP contribution in [0.5, 0.6) is 5.75 Å². The van der Waals surface area contributed by atoms with E-state index in [0.29, 0.717) is 19.7 Å². The Kier molecular flexibility index (Phi) is 6.81. The van der Waals surface area contributed by atoms with Crippen molar-refractivity contribution in [3.8, 4) is 5.75 Å². The zero-order valence-corrected chi connectivity index (χ0v) is 12.3. The fraction of sp³-hybridized carbons (Fsp3) is 0.438. The number of nitrogens with zero attached hydrogens (tertiary/aromatic N) is 1. The predicted octanol–water partition coefficient (Wildman–Crippen LogP) is 2.19. The topological polar surface area (TPSA) is 55.6 Å². The van der Waals surface area contributed by atoms with E-state index < -0.39 is 0 Å². The lowest BCUT2D eigenvalue weighted by Gasteiger charge is -2.21. The summed E-state index contributed by atoms with van der Waals surface area (Å²) in [7, 11) is 1.82. The number of rotatable bonds is 8. The summed E-state index contributed by atoms with van der Waals surface area (Å²) >= 11 is 0. The molecule has 110 valence electrons. The molecule has 0 spiro atoms. The van der Waals surface area contributed by atoms with Crippen molar-refractivity contribution < 1.29 is 9.53 Å². The molecule has 0 saturated carbocycles. The molecule has 1 aromatic carbocycles. The standard InChI is InChI=1S/C16H24N2O2/c1-4-11-20-15-7-5-14(6-8-15)12-18(3)16(19)13(2)9-10-17/h4-8,13H,1,9-12,17H2,2-3H3. The fourth-order valence-electron chi connectivity index (χ4n) is 1.95. The lowest BCUT2D eigenvalue weighted by atomic mass is 10.1. The van der Waals surface area contributed by atoms with Crippen molar-refractivity contribution in [3.05, 3.63) is 42.5 Å². The van der Waals surface area contributed by atoms with Crippen LogP contribution in [0.3, 0.4) is 0 Å². The van der Waals surface area contributed by atoms with Gasteiger partial charge in [0.2, 0.25) is 5.91 Å². The van der Waals surface area contributed by atoms with E-state index in [2.05, 4.69) is 6.58 Å². The van der Waals surface area contributed by atoms with Gasteiger partial charge in [-0.3, -0.25) is 4.79 Å². The number of hydrogen-bond donors (Lipinski definition) is 1. The summed E-state index contributed by atoms with van der Waals surface area (Å²) in [5.41, 5.74) is 6.56. The molecule has 0 bridgehead atoms. The van der Waals surface area contributed by atoms with Crippen LogP contribution in [0, 0.1) is 5.92 Å². The molecule has 0 fully saturated rings. The molecule has 20 heavy (non-hydrogen) atoms. The molecule has 1 unspecified atom stereocenters. The highest BCUT2D eigenvalue weighted by molar-refractivity contribution is 5.78. The summed E-state index contributed by atoms with van der Waals surface area (Å²) in [5.74, 6) is 0.904. The van der Waals surface area contributed by atoms with Crippen LogP contribution >= 0.6 is 0 Å². The first kappa shape index (κ1) is 16.2. The molecule has 0 radical (unpaired) electrons. The first-order valence-electron chi connectivity index (χ1n) is 6.86. The molecule has 1 aromatic rings. The lowest BCUT2D eigenvalue weighted by Crippen LogP contribution is -2.32. The van der Waals surface area contributed by atoms with Gasteiger partial charge in [-0.2, -0.15) is 0 Å². The molecule has 0 aliphatic carbocycles. The van der Waals surface area contributed by atoms with E-state index in [0.717, 1.165) is 17.7 Å². The third kappa shape index (κ3) is 5.05. The van der Waals surface area contributed by atoms with Crippen LogP contribution in [0.15, 0.2) is 36.9 Å². The van der Waals surface area contributed by atoms with Gasteiger partial charge in [0.05, 0.1) is 0 Å². The van der Waals surface area contributed by atoms with Gasteiger partial charge < -0.3 is 15.4 Å². The summed E-state index contributed by atoms with van der Waals surface area (Å²) in [6.07, 6.45) is 2.43. The van der Waals surface area contributed by atoms with Crippen LogP contribution in [0.2, 0.25) is 0 Å². The van der Waals surface area contributed by atoms with Gasteiger partial charge in [0, 0.05) is 19.5 Å². The molecule has 1 atom stereocenters. The van der Waals surface area contributed by atoms with Gasteiger partial charge in [0.1, 0.15) is 12.4 Å². The lowest BCUT2D eigenvalue weighted by molar-refractivity contribution is -0.134. The van der Waals surface area contributed by atoms with E-state index in [4.69, 9.17) is 10.5 Å². The van der Waals surface area contributed by atoms with Crippen molar-refractivity contribution in [1.29, 1.82) is 0 Å². The predicted molar refractivity (Wildman–Crippen MR) is 81.4 cm³/mol. The van der Waals surface area contributed by atoms with Gasteiger partial charge in [-0.15, -0.1) is 0 Å². The van der Waals surface area contributed by atoms with Crippen molar-refractivity contribution in [1.82, 2.24) is 4.90 Å². The largest absolute Gasteiger partial charge is 0.490 e. The highest BCUT2D eigenvalue weighted by Gasteiger charge is 2.16. The van der Waals surface area contributed by atoms with Crippen LogP contribution in [-0.4, -0.2) is 31.0 Å². The van der Waals surface area contributed by atoms with Crippen LogP contribution < -0.4 is 10.5 Å². The van der Waals surface area contributed by atoms with E-state index in [1.165, 1.54) is 0 Å². The molecular formula is C16H24N2O2. The van der Waals surface area contributed by atoms with Crippen LogP contribution in [0.1, 0.15) is 18.9 Å². The number of nitrogens with two attached hydrogens (primary N) is 1. The van der Waals surface area contributed by atoms with E-state index in [9.17, 15) is 4.79 Å². The first-order chi connectivity index (χ1) is 9.58. The number of ether oxygens (including phenoxy) is 1. The number of amides is 1. The molecule has 0 saturated heterocycles. The van der Waals surface area contributed by atoms with Crippen LogP contribution in [0.25, 0.3) is 0 Å². The van der Waals surface area contributed by atoms with Gasteiger partial charge in [-0.05, 0) is 30.7 Å². The van der Waals surface area contributed by atoms with Gasteiger partial charge in [-0.25, -0.2) is 0 Å². The second kappa shape index (κ2) is 8.38. The molecule has 1 rings (SSSR count). The minimum Gasteiger partial charge on any atom is -0.490 e. The zero-order valence-electron chi connectivity index (χ0n) is 12.3. The Hall–Kier alpha value is -1.81. The maximum Gasteiger partial charge on any atom is 0.225 e. The first-order valence-corrected chi connectivity index (χ1v) is 6.86. The number of carbonyl (C=O) groups excluding carboxylic acids is 1. The highest BCUT2D eigenvalue weighted by Crippen LogP contribution is 2.14. The molecule has 4 nitrogen and oxygen atoms in total. The Balaban J connectivity index is 2.55. The van der Waals surface area contributed by atoms with Crippen LogP contribution in [-0.2, 0) is 11.3 Å². The Morgan fingerprint density at radius 1 is 1.45 bits per heavy atom. The SMILES string of the molecule is C=CCOc1ccc(CN(C)C(=O)C(C)CCN)cc1. The minimum atomic E-state index is -0.0276. The quantitative estimate of drug-likeness (QED) is 0.741. The summed E-state index contributed by atoms with van der Waals surface area (Å²) in [5, 5.41) is 0. The minimum absolute atomic E-state index is 0.0276. The Morgan fingerprint density at radius 3 is 2.65 bits per heavy atom. The molecule has 0 aromatic heterocycles. The number of hydrogen-bond acceptors (Lipinski definition) is 3. The van der Waals surface area contributed by atoms with Gasteiger partial charge in [-0.1, -0.05) is 31.7 Å². The van der Waals surface area contributed by atoms with E-state index in [-0.39, 0.29) is 11.8 Å². The van der Waals surface area contributed by atoms with Gasteiger partial charge >= 0.3 is 0 Å². The average molecular weight is 276 g/mol. The summed E-state index contributed by atoms with van der Waals surface area (Å²) in [6.45, 7) is 7.15. The molecule has 0 aliphatic rings. The summed E-state index contributed by atoms with van der Waals surface area (Å²) < 4.78 is 5.42. The average Bonchev–Trinajstić information content (AvgIpc) is 2.46. The Morgan fingerprint density at radius 2 is 2.10 bits per heavy atom. The molecular weight excluding hydrogens is 252 g/mol. The Labute approximate surface area is 121 Å². The second-order valence-electron chi connectivity index (χ2n) is 4.92. The maximum absolute atomic E-state index is 12.1. The van der Waals surface area contributed by atoms with E-state index in [1.54, 1.807) is 11.0 Å². The smallest absolute Gasteiger partial charge is 0.225 e. The van der Waals surface area contributed by atoms with Gasteiger partial charge in [0.15, 0.2) is 0 Å². The molecule has 4 heteroatoms. The van der Waals surface area contributed by atoms with Crippen molar-refractivity contribution in [3.63, 3.8) is 0 Å².